The summed E-state index contributed by atoms with van der Waals surface area (Å²) in [5, 5.41) is 0. The molecule has 14 heavy (non-hydrogen) atoms. The van der Waals surface area contributed by atoms with Gasteiger partial charge < -0.3 is 0 Å². The van der Waals surface area contributed by atoms with Gasteiger partial charge in [0.05, 0.1) is 0 Å². The van der Waals surface area contributed by atoms with Crippen molar-refractivity contribution < 1.29 is 0 Å². The van der Waals surface area contributed by atoms with Crippen LogP contribution in [0.3, 0.4) is 0 Å². The van der Waals surface area contributed by atoms with Gasteiger partial charge in [0.15, 0.2) is 0 Å². The number of hydrogen-bond donors (Lipinski definition) is 0. The molecular weight excluding hydrogens is 168 g/mol. The second-order valence-electron chi connectivity index (χ2n) is 3.89. The van der Waals surface area contributed by atoms with Gasteiger partial charge in [-0.15, -0.1) is 0 Å². The van der Waals surface area contributed by atoms with Gasteiger partial charge in [0.2, 0.25) is 0 Å². The number of rotatable bonds is 1. The van der Waals surface area contributed by atoms with Crippen LogP contribution in [-0.4, -0.2) is 0 Å². The standard InChI is InChI=1S/C10H12.C3H8.CH4/c1-8-2-4-9(5-3-8)10-6-7-10;1-3-2;/h2-5,10H,6-7H2,1H3;3H2,1-2H3;1H4. The highest BCUT2D eigenvalue weighted by molar-refractivity contribution is 5.27. The van der Waals surface area contributed by atoms with Crippen LogP contribution in [0.5, 0.6) is 0 Å². The van der Waals surface area contributed by atoms with Crippen molar-refractivity contribution in [1.82, 2.24) is 0 Å². The highest BCUT2D eigenvalue weighted by Crippen LogP contribution is 2.39. The van der Waals surface area contributed by atoms with Gasteiger partial charge in [-0.25, -0.2) is 0 Å². The normalized spacial score (nSPS) is 13.6. The van der Waals surface area contributed by atoms with Crippen LogP contribution < -0.4 is 0 Å². The van der Waals surface area contributed by atoms with Gasteiger partial charge in [-0.05, 0) is 31.2 Å². The van der Waals surface area contributed by atoms with Gasteiger partial charge in [-0.1, -0.05) is 57.5 Å². The van der Waals surface area contributed by atoms with Crippen molar-refractivity contribution in [2.24, 2.45) is 0 Å². The van der Waals surface area contributed by atoms with Crippen LogP contribution >= 0.6 is 0 Å². The highest BCUT2D eigenvalue weighted by atomic mass is 14.3. The summed E-state index contributed by atoms with van der Waals surface area (Å²) in [5.41, 5.74) is 2.90. The summed E-state index contributed by atoms with van der Waals surface area (Å²) in [6.07, 6.45) is 4.06. The van der Waals surface area contributed by atoms with Crippen molar-refractivity contribution in [3.05, 3.63) is 35.4 Å². The van der Waals surface area contributed by atoms with Gasteiger partial charge in [-0.3, -0.25) is 0 Å². The molecule has 1 saturated carbocycles. The molecule has 1 aliphatic rings. The lowest BCUT2D eigenvalue weighted by atomic mass is 10.1. The SMILES string of the molecule is C.CCC.Cc1ccc(C2CC2)cc1. The van der Waals surface area contributed by atoms with Gasteiger partial charge in [0.25, 0.3) is 0 Å². The van der Waals surface area contributed by atoms with Crippen molar-refractivity contribution in [2.75, 3.05) is 0 Å². The maximum absolute atomic E-state index is 2.26. The van der Waals surface area contributed by atoms with Crippen LogP contribution in [0, 0.1) is 6.92 Å². The second-order valence-corrected chi connectivity index (χ2v) is 3.89. The third kappa shape index (κ3) is 4.45. The third-order valence-electron chi connectivity index (χ3n) is 2.13. The van der Waals surface area contributed by atoms with E-state index < -0.39 is 0 Å². The molecule has 2 rings (SSSR count). The van der Waals surface area contributed by atoms with Gasteiger partial charge >= 0.3 is 0 Å². The van der Waals surface area contributed by atoms with Crippen molar-refractivity contribution in [3.63, 3.8) is 0 Å². The van der Waals surface area contributed by atoms with Gasteiger partial charge in [0.1, 0.15) is 0 Å². The maximum atomic E-state index is 2.26. The fourth-order valence-corrected chi connectivity index (χ4v) is 1.26. The van der Waals surface area contributed by atoms with Gasteiger partial charge in [-0.2, -0.15) is 0 Å². The Hall–Kier alpha value is -0.780. The summed E-state index contributed by atoms with van der Waals surface area (Å²) in [6, 6.07) is 8.92. The molecule has 0 atom stereocenters. The molecule has 1 aliphatic carbocycles. The number of hydrogen-bond acceptors (Lipinski definition) is 0. The molecule has 0 aromatic heterocycles. The van der Waals surface area contributed by atoms with E-state index in [-0.39, 0.29) is 7.43 Å². The largest absolute Gasteiger partial charge is 0.0776 e. The average Bonchev–Trinajstić information content (AvgIpc) is 2.90. The molecule has 1 aromatic carbocycles. The molecule has 0 nitrogen and oxygen atoms in total. The van der Waals surface area contributed by atoms with E-state index in [4.69, 9.17) is 0 Å². The molecule has 1 fully saturated rings. The minimum atomic E-state index is 0. The van der Waals surface area contributed by atoms with E-state index >= 15 is 0 Å². The molecule has 0 amide bonds. The zero-order valence-corrected chi connectivity index (χ0v) is 9.01. The van der Waals surface area contributed by atoms with Crippen molar-refractivity contribution in [2.45, 2.75) is 53.4 Å². The summed E-state index contributed by atoms with van der Waals surface area (Å²) >= 11 is 0. The second kappa shape index (κ2) is 6.64. The average molecular weight is 192 g/mol. The van der Waals surface area contributed by atoms with Crippen LogP contribution in [0.1, 0.15) is 57.6 Å². The van der Waals surface area contributed by atoms with E-state index in [1.807, 2.05) is 0 Å². The van der Waals surface area contributed by atoms with Crippen LogP contribution in [0.25, 0.3) is 0 Å². The Morgan fingerprint density at radius 2 is 1.50 bits per heavy atom. The summed E-state index contributed by atoms with van der Waals surface area (Å²) in [6.45, 7) is 6.39. The predicted octanol–water partition coefficient (Wildman–Crippen LogP) is 4.92. The zero-order valence-electron chi connectivity index (χ0n) is 9.01. The lowest BCUT2D eigenvalue weighted by Crippen LogP contribution is -1.77. The van der Waals surface area contributed by atoms with E-state index in [0.717, 1.165) is 5.92 Å². The lowest BCUT2D eigenvalue weighted by molar-refractivity contribution is 1.09. The molecule has 0 N–H and O–H groups in total. The molecule has 0 unspecified atom stereocenters. The van der Waals surface area contributed by atoms with Crippen LogP contribution in [0.4, 0.5) is 0 Å². The Morgan fingerprint density at radius 1 is 1.07 bits per heavy atom. The van der Waals surface area contributed by atoms with Crippen molar-refractivity contribution >= 4 is 0 Å². The van der Waals surface area contributed by atoms with Crippen molar-refractivity contribution in [1.29, 1.82) is 0 Å². The third-order valence-corrected chi connectivity index (χ3v) is 2.13. The minimum Gasteiger partial charge on any atom is -0.0776 e. The molecule has 0 heteroatoms. The van der Waals surface area contributed by atoms with E-state index in [9.17, 15) is 0 Å². The minimum absolute atomic E-state index is 0. The Morgan fingerprint density at radius 3 is 1.86 bits per heavy atom. The molecule has 0 heterocycles. The van der Waals surface area contributed by atoms with E-state index in [1.165, 1.54) is 30.4 Å². The van der Waals surface area contributed by atoms with Gasteiger partial charge in [0, 0.05) is 0 Å². The van der Waals surface area contributed by atoms with E-state index in [2.05, 4.69) is 45.0 Å². The summed E-state index contributed by atoms with van der Waals surface area (Å²) in [5.74, 6) is 0.903. The van der Waals surface area contributed by atoms with Crippen molar-refractivity contribution in [3.8, 4) is 0 Å². The number of aryl methyl sites for hydroxylation is 1. The van der Waals surface area contributed by atoms with E-state index in [1.54, 1.807) is 0 Å². The molecule has 0 aliphatic heterocycles. The summed E-state index contributed by atoms with van der Waals surface area (Å²) < 4.78 is 0. The zero-order chi connectivity index (χ0) is 9.68. The predicted molar refractivity (Wildman–Crippen MR) is 65.9 cm³/mol. The smallest absolute Gasteiger partial charge is 0.0162 e. The first-order chi connectivity index (χ1) is 6.27. The maximum Gasteiger partial charge on any atom is -0.0162 e. The Bertz CT molecular complexity index is 229. The lowest BCUT2D eigenvalue weighted by Gasteiger charge is -1.96. The topological polar surface area (TPSA) is 0 Å². The fourth-order valence-electron chi connectivity index (χ4n) is 1.26. The number of benzene rings is 1. The molecular formula is C14H24. The Kier molecular flexibility index (Phi) is 6.27. The molecule has 1 aromatic rings. The molecule has 80 valence electrons. The first-order valence-electron chi connectivity index (χ1n) is 5.34. The van der Waals surface area contributed by atoms with Crippen LogP contribution in [-0.2, 0) is 0 Å². The Balaban J connectivity index is 0.000000381. The fraction of sp³-hybridized carbons (Fsp3) is 0.571. The molecule has 0 radical (unpaired) electrons. The molecule has 0 saturated heterocycles. The summed E-state index contributed by atoms with van der Waals surface area (Å²) in [7, 11) is 0. The first-order valence-corrected chi connectivity index (χ1v) is 5.34. The summed E-state index contributed by atoms with van der Waals surface area (Å²) in [4.78, 5) is 0. The quantitative estimate of drug-likeness (QED) is 0.592. The monoisotopic (exact) mass is 192 g/mol. The van der Waals surface area contributed by atoms with Crippen LogP contribution in [0.2, 0.25) is 0 Å². The van der Waals surface area contributed by atoms with E-state index in [0.29, 0.717) is 0 Å². The highest BCUT2D eigenvalue weighted by Gasteiger charge is 2.22. The Labute approximate surface area is 89.4 Å². The molecule has 0 bridgehead atoms. The van der Waals surface area contributed by atoms with Crippen LogP contribution in [0.15, 0.2) is 24.3 Å². The molecule has 0 spiro atoms. The first kappa shape index (κ1) is 13.2.